The molecule has 0 saturated carbocycles. The highest BCUT2D eigenvalue weighted by Gasteiger charge is 2.03. The Hall–Kier alpha value is -1.30. The maximum absolute atomic E-state index is 13.7. The third-order valence-corrected chi connectivity index (χ3v) is 3.24. The molecule has 0 aliphatic rings. The number of hydrogen-bond donors (Lipinski definition) is 1. The van der Waals surface area contributed by atoms with E-state index in [1.807, 2.05) is 24.3 Å². The number of nitrogens with one attached hydrogen (secondary N) is 1. The maximum atomic E-state index is 13.7. The topological polar surface area (TPSA) is 21.3 Å². The van der Waals surface area contributed by atoms with Gasteiger partial charge in [0.2, 0.25) is 0 Å². The molecular formula is C14H13FINO. The van der Waals surface area contributed by atoms with Gasteiger partial charge in [-0.25, -0.2) is 4.39 Å². The van der Waals surface area contributed by atoms with Gasteiger partial charge in [0.05, 0.1) is 7.11 Å². The minimum absolute atomic E-state index is 0.257. The number of halogens is 2. The van der Waals surface area contributed by atoms with E-state index in [1.54, 1.807) is 12.1 Å². The number of methoxy groups -OCH3 is 1. The summed E-state index contributed by atoms with van der Waals surface area (Å²) in [6, 6.07) is 12.8. The second kappa shape index (κ2) is 6.04. The number of hydrogen-bond acceptors (Lipinski definition) is 2. The second-order valence-electron chi connectivity index (χ2n) is 3.82. The van der Waals surface area contributed by atoms with Crippen LogP contribution < -0.4 is 10.1 Å². The van der Waals surface area contributed by atoms with Gasteiger partial charge in [0.25, 0.3) is 0 Å². The van der Waals surface area contributed by atoms with Crippen LogP contribution in [0.15, 0.2) is 42.5 Å². The van der Waals surface area contributed by atoms with E-state index >= 15 is 0 Å². The number of anilines is 1. The number of ether oxygens (including phenoxy) is 1. The molecule has 4 heteroatoms. The predicted octanol–water partition coefficient (Wildman–Crippen LogP) is 4.05. The van der Waals surface area contributed by atoms with Gasteiger partial charge in [-0.2, -0.15) is 0 Å². The van der Waals surface area contributed by atoms with Crippen molar-refractivity contribution in [1.29, 1.82) is 0 Å². The van der Waals surface area contributed by atoms with E-state index < -0.39 is 0 Å². The molecule has 0 saturated heterocycles. The summed E-state index contributed by atoms with van der Waals surface area (Å²) < 4.78 is 19.8. The van der Waals surface area contributed by atoms with Gasteiger partial charge in [-0.05, 0) is 46.9 Å². The lowest BCUT2D eigenvalue weighted by molar-refractivity contribution is 0.411. The monoisotopic (exact) mass is 357 g/mol. The standard InChI is InChI=1S/C14H13FINO/c1-18-13-6-5-10(14(15)8-13)9-17-12-4-2-3-11(16)7-12/h2-8,17H,9H2,1H3. The smallest absolute Gasteiger partial charge is 0.131 e. The van der Waals surface area contributed by atoms with Crippen LogP contribution in [0.5, 0.6) is 5.75 Å². The minimum atomic E-state index is -0.257. The molecule has 0 aliphatic carbocycles. The average molecular weight is 357 g/mol. The normalized spacial score (nSPS) is 10.2. The molecule has 0 spiro atoms. The number of rotatable bonds is 4. The first kappa shape index (κ1) is 13.1. The fraction of sp³-hybridized carbons (Fsp3) is 0.143. The van der Waals surface area contributed by atoms with Gasteiger partial charge in [-0.3, -0.25) is 0 Å². The summed E-state index contributed by atoms with van der Waals surface area (Å²) in [4.78, 5) is 0. The molecule has 0 aromatic heterocycles. The molecule has 0 amide bonds. The summed E-state index contributed by atoms with van der Waals surface area (Å²) in [5, 5.41) is 3.19. The molecule has 0 aliphatic heterocycles. The van der Waals surface area contributed by atoms with E-state index in [0.29, 0.717) is 17.9 Å². The van der Waals surface area contributed by atoms with Gasteiger partial charge >= 0.3 is 0 Å². The molecule has 1 N–H and O–H groups in total. The summed E-state index contributed by atoms with van der Waals surface area (Å²) in [5.74, 6) is 0.276. The van der Waals surface area contributed by atoms with E-state index in [9.17, 15) is 4.39 Å². The van der Waals surface area contributed by atoms with Crippen molar-refractivity contribution in [3.8, 4) is 5.75 Å². The van der Waals surface area contributed by atoms with Crippen molar-refractivity contribution in [2.45, 2.75) is 6.54 Å². The fourth-order valence-electron chi connectivity index (χ4n) is 1.59. The second-order valence-corrected chi connectivity index (χ2v) is 5.07. The fourth-order valence-corrected chi connectivity index (χ4v) is 2.14. The van der Waals surface area contributed by atoms with Gasteiger partial charge in [-0.15, -0.1) is 0 Å². The largest absolute Gasteiger partial charge is 0.497 e. The maximum Gasteiger partial charge on any atom is 0.131 e. The molecule has 94 valence electrons. The van der Waals surface area contributed by atoms with E-state index in [0.717, 1.165) is 9.26 Å². The van der Waals surface area contributed by atoms with Gasteiger partial charge in [0.1, 0.15) is 11.6 Å². The molecule has 0 unspecified atom stereocenters. The zero-order valence-corrected chi connectivity index (χ0v) is 12.1. The van der Waals surface area contributed by atoms with Crippen LogP contribution in [0.1, 0.15) is 5.56 Å². The average Bonchev–Trinajstić information content (AvgIpc) is 2.37. The van der Waals surface area contributed by atoms with Gasteiger partial charge < -0.3 is 10.1 Å². The molecule has 2 nitrogen and oxygen atoms in total. The lowest BCUT2D eigenvalue weighted by atomic mass is 10.2. The summed E-state index contributed by atoms with van der Waals surface area (Å²) in [6.45, 7) is 0.454. The van der Waals surface area contributed by atoms with Crippen molar-refractivity contribution in [3.05, 3.63) is 57.4 Å². The molecule has 0 heterocycles. The van der Waals surface area contributed by atoms with Gasteiger partial charge in [-0.1, -0.05) is 12.1 Å². The SMILES string of the molecule is COc1ccc(CNc2cccc(I)c2)c(F)c1. The van der Waals surface area contributed by atoms with E-state index in [2.05, 4.69) is 27.9 Å². The van der Waals surface area contributed by atoms with Crippen molar-refractivity contribution in [3.63, 3.8) is 0 Å². The first-order chi connectivity index (χ1) is 8.69. The van der Waals surface area contributed by atoms with Crippen LogP contribution in [-0.2, 0) is 6.54 Å². The van der Waals surface area contributed by atoms with Crippen LogP contribution in [0.25, 0.3) is 0 Å². The van der Waals surface area contributed by atoms with Crippen molar-refractivity contribution in [2.75, 3.05) is 12.4 Å². The van der Waals surface area contributed by atoms with Crippen LogP contribution >= 0.6 is 22.6 Å². The molecular weight excluding hydrogens is 344 g/mol. The molecule has 0 fully saturated rings. The molecule has 0 atom stereocenters. The van der Waals surface area contributed by atoms with Crippen LogP contribution in [0.3, 0.4) is 0 Å². The summed E-state index contributed by atoms with van der Waals surface area (Å²) in [7, 11) is 1.53. The Balaban J connectivity index is 2.06. The quantitative estimate of drug-likeness (QED) is 0.834. The van der Waals surface area contributed by atoms with E-state index in [1.165, 1.54) is 13.2 Å². The Bertz CT molecular complexity index is 545. The van der Waals surface area contributed by atoms with E-state index in [4.69, 9.17) is 4.74 Å². The number of benzene rings is 2. The first-order valence-electron chi connectivity index (χ1n) is 5.51. The van der Waals surface area contributed by atoms with Crippen molar-refractivity contribution in [1.82, 2.24) is 0 Å². The Morgan fingerprint density at radius 1 is 1.22 bits per heavy atom. The van der Waals surface area contributed by atoms with E-state index in [-0.39, 0.29) is 5.82 Å². The third kappa shape index (κ3) is 3.35. The van der Waals surface area contributed by atoms with Crippen LogP contribution in [0.2, 0.25) is 0 Å². The summed E-state index contributed by atoms with van der Waals surface area (Å²) >= 11 is 2.25. The van der Waals surface area contributed by atoms with Crippen LogP contribution in [0, 0.1) is 9.39 Å². The Morgan fingerprint density at radius 2 is 2.06 bits per heavy atom. The highest BCUT2D eigenvalue weighted by atomic mass is 127. The van der Waals surface area contributed by atoms with Crippen LogP contribution in [0.4, 0.5) is 10.1 Å². The Kier molecular flexibility index (Phi) is 4.41. The highest BCUT2D eigenvalue weighted by Crippen LogP contribution is 2.18. The Labute approximate surface area is 119 Å². The lowest BCUT2D eigenvalue weighted by Gasteiger charge is -2.09. The molecule has 0 bridgehead atoms. The zero-order chi connectivity index (χ0) is 13.0. The lowest BCUT2D eigenvalue weighted by Crippen LogP contribution is -2.02. The van der Waals surface area contributed by atoms with Crippen molar-refractivity contribution >= 4 is 28.3 Å². The highest BCUT2D eigenvalue weighted by molar-refractivity contribution is 14.1. The summed E-state index contributed by atoms with van der Waals surface area (Å²) in [6.07, 6.45) is 0. The predicted molar refractivity (Wildman–Crippen MR) is 79.4 cm³/mol. The Morgan fingerprint density at radius 3 is 2.72 bits per heavy atom. The van der Waals surface area contributed by atoms with Gasteiger partial charge in [0.15, 0.2) is 0 Å². The molecule has 2 rings (SSSR count). The summed E-state index contributed by atoms with van der Waals surface area (Å²) in [5.41, 5.74) is 1.60. The van der Waals surface area contributed by atoms with Crippen molar-refractivity contribution in [2.24, 2.45) is 0 Å². The van der Waals surface area contributed by atoms with Gasteiger partial charge in [0, 0.05) is 27.4 Å². The minimum Gasteiger partial charge on any atom is -0.497 e. The third-order valence-electron chi connectivity index (χ3n) is 2.57. The van der Waals surface area contributed by atoms with Crippen LogP contribution in [-0.4, -0.2) is 7.11 Å². The van der Waals surface area contributed by atoms with Crippen molar-refractivity contribution < 1.29 is 9.13 Å². The first-order valence-corrected chi connectivity index (χ1v) is 6.59. The molecule has 0 radical (unpaired) electrons. The molecule has 2 aromatic rings. The molecule has 18 heavy (non-hydrogen) atoms. The molecule has 2 aromatic carbocycles. The zero-order valence-electron chi connectivity index (χ0n) is 9.91.